The molecule has 0 aliphatic rings. The predicted molar refractivity (Wildman–Crippen MR) is 40.3 cm³/mol. The molecule has 0 saturated carbocycles. The van der Waals surface area contributed by atoms with E-state index in [4.69, 9.17) is 10.2 Å². The lowest BCUT2D eigenvalue weighted by molar-refractivity contribution is -0.147. The summed E-state index contributed by atoms with van der Waals surface area (Å²) in [5.41, 5.74) is 0. The molecule has 0 aliphatic carbocycles. The molecule has 0 aliphatic heterocycles. The van der Waals surface area contributed by atoms with E-state index in [-0.39, 0.29) is 18.3 Å². The number of carbonyl (C=O) groups is 1. The molecular weight excluding hydrogens is 156 g/mol. The zero-order chi connectivity index (χ0) is 7.44. The minimum absolute atomic E-state index is 0. The summed E-state index contributed by atoms with van der Waals surface area (Å²) in [6.07, 6.45) is -0.861. The fourth-order valence-corrected chi connectivity index (χ4v) is 0.547. The lowest BCUT2D eigenvalue weighted by Gasteiger charge is -2.06. The van der Waals surface area contributed by atoms with Crippen molar-refractivity contribution in [3.63, 3.8) is 0 Å². The number of carboxylic acid groups (broad SMARTS) is 1. The van der Waals surface area contributed by atoms with Gasteiger partial charge in [0.1, 0.15) is 0 Å². The second-order valence-corrected chi connectivity index (χ2v) is 2.48. The maximum Gasteiger partial charge on any atom is 0.332 e. The molecule has 4 heteroatoms. The first-order valence-electron chi connectivity index (χ1n) is 2.95. The average molecular weight is 169 g/mol. The Kier molecular flexibility index (Phi) is 6.82. The van der Waals surface area contributed by atoms with E-state index < -0.39 is 12.1 Å². The fourth-order valence-electron chi connectivity index (χ4n) is 0.547. The van der Waals surface area contributed by atoms with Gasteiger partial charge in [-0.05, 0) is 12.3 Å². The van der Waals surface area contributed by atoms with E-state index in [0.717, 1.165) is 0 Å². The van der Waals surface area contributed by atoms with Gasteiger partial charge in [0.2, 0.25) is 0 Å². The first-order chi connectivity index (χ1) is 4.04. The van der Waals surface area contributed by atoms with Crippen molar-refractivity contribution in [1.82, 2.24) is 0 Å². The van der Waals surface area contributed by atoms with Crippen molar-refractivity contribution in [3.05, 3.63) is 0 Å². The minimum Gasteiger partial charge on any atom is -0.479 e. The number of hydrogen-bond acceptors (Lipinski definition) is 2. The molecule has 0 radical (unpaired) electrons. The van der Waals surface area contributed by atoms with Crippen LogP contribution in [0, 0.1) is 5.92 Å². The Bertz CT molecular complexity index is 103. The normalized spacial score (nSPS) is 12.4. The molecule has 0 heterocycles. The first-order valence-corrected chi connectivity index (χ1v) is 2.95. The van der Waals surface area contributed by atoms with Gasteiger partial charge in [-0.25, -0.2) is 4.79 Å². The molecule has 2 N–H and O–H groups in total. The van der Waals surface area contributed by atoms with E-state index in [2.05, 4.69) is 0 Å². The summed E-state index contributed by atoms with van der Waals surface area (Å²) < 4.78 is 0. The van der Waals surface area contributed by atoms with Crippen LogP contribution in [0.1, 0.15) is 20.3 Å². The molecule has 0 aromatic rings. The molecule has 0 saturated heterocycles. The van der Waals surface area contributed by atoms with Crippen LogP contribution in [-0.2, 0) is 4.79 Å². The second-order valence-electron chi connectivity index (χ2n) is 2.48. The Morgan fingerprint density at radius 1 is 1.50 bits per heavy atom. The van der Waals surface area contributed by atoms with Gasteiger partial charge in [0, 0.05) is 0 Å². The highest BCUT2D eigenvalue weighted by Gasteiger charge is 2.13. The molecule has 0 aromatic carbocycles. The van der Waals surface area contributed by atoms with Crippen LogP contribution in [0.25, 0.3) is 0 Å². The molecule has 10 heavy (non-hydrogen) atoms. The number of halogens is 1. The number of carboxylic acids is 1. The number of hydrogen-bond donors (Lipinski definition) is 2. The van der Waals surface area contributed by atoms with Crippen molar-refractivity contribution in [2.75, 3.05) is 0 Å². The molecule has 0 bridgehead atoms. The van der Waals surface area contributed by atoms with Gasteiger partial charge in [-0.1, -0.05) is 13.8 Å². The summed E-state index contributed by atoms with van der Waals surface area (Å²) in [6, 6.07) is 0. The van der Waals surface area contributed by atoms with Crippen LogP contribution in [0.2, 0.25) is 0 Å². The van der Waals surface area contributed by atoms with Crippen LogP contribution in [0.4, 0.5) is 0 Å². The average Bonchev–Trinajstić information content (AvgIpc) is 1.63. The van der Waals surface area contributed by atoms with Crippen molar-refractivity contribution in [3.8, 4) is 0 Å². The molecule has 0 rings (SSSR count). The third kappa shape index (κ3) is 5.85. The maximum absolute atomic E-state index is 9.98. The van der Waals surface area contributed by atoms with Crippen molar-refractivity contribution >= 4 is 18.4 Å². The van der Waals surface area contributed by atoms with E-state index in [1.54, 1.807) is 0 Å². The van der Waals surface area contributed by atoms with Gasteiger partial charge in [0.05, 0.1) is 0 Å². The largest absolute Gasteiger partial charge is 0.479 e. The summed E-state index contributed by atoms with van der Waals surface area (Å²) in [5.74, 6) is -0.903. The van der Waals surface area contributed by atoms with Gasteiger partial charge < -0.3 is 10.2 Å². The molecule has 3 nitrogen and oxygen atoms in total. The molecule has 0 amide bonds. The summed E-state index contributed by atoms with van der Waals surface area (Å²) in [5, 5.41) is 16.9. The SMILES string of the molecule is CC(C)CC(O)C(=O)O.Cl. The van der Waals surface area contributed by atoms with E-state index in [1.165, 1.54) is 0 Å². The topological polar surface area (TPSA) is 57.5 Å². The fraction of sp³-hybridized carbons (Fsp3) is 0.833. The lowest BCUT2D eigenvalue weighted by Crippen LogP contribution is -2.21. The van der Waals surface area contributed by atoms with Gasteiger partial charge in [-0.15, -0.1) is 12.4 Å². The third-order valence-electron chi connectivity index (χ3n) is 0.980. The summed E-state index contributed by atoms with van der Waals surface area (Å²) >= 11 is 0. The van der Waals surface area contributed by atoms with Crippen molar-refractivity contribution in [2.24, 2.45) is 5.92 Å². The Morgan fingerprint density at radius 3 is 2.00 bits per heavy atom. The van der Waals surface area contributed by atoms with Crippen molar-refractivity contribution in [1.29, 1.82) is 0 Å². The third-order valence-corrected chi connectivity index (χ3v) is 0.980. The predicted octanol–water partition coefficient (Wildman–Crippen LogP) is 0.900. The highest BCUT2D eigenvalue weighted by atomic mass is 35.5. The van der Waals surface area contributed by atoms with E-state index >= 15 is 0 Å². The zero-order valence-electron chi connectivity index (χ0n) is 6.07. The number of aliphatic hydroxyl groups excluding tert-OH is 1. The second kappa shape index (κ2) is 5.50. The van der Waals surface area contributed by atoms with E-state index in [9.17, 15) is 4.79 Å². The van der Waals surface area contributed by atoms with Gasteiger partial charge in [0.15, 0.2) is 6.10 Å². The van der Waals surface area contributed by atoms with Gasteiger partial charge in [-0.3, -0.25) is 0 Å². The monoisotopic (exact) mass is 168 g/mol. The van der Waals surface area contributed by atoms with Crippen LogP contribution in [0.5, 0.6) is 0 Å². The highest BCUT2D eigenvalue weighted by molar-refractivity contribution is 5.85. The smallest absolute Gasteiger partial charge is 0.332 e. The lowest BCUT2D eigenvalue weighted by atomic mass is 10.1. The Morgan fingerprint density at radius 2 is 1.90 bits per heavy atom. The van der Waals surface area contributed by atoms with Crippen LogP contribution in [-0.4, -0.2) is 22.3 Å². The van der Waals surface area contributed by atoms with Crippen LogP contribution in [0.3, 0.4) is 0 Å². The van der Waals surface area contributed by atoms with E-state index in [0.29, 0.717) is 6.42 Å². The maximum atomic E-state index is 9.98. The van der Waals surface area contributed by atoms with Gasteiger partial charge in [-0.2, -0.15) is 0 Å². The van der Waals surface area contributed by atoms with Crippen molar-refractivity contribution < 1.29 is 15.0 Å². The number of aliphatic carboxylic acids is 1. The standard InChI is InChI=1S/C6H12O3.ClH/c1-4(2)3-5(7)6(8)9;/h4-5,7H,3H2,1-2H3,(H,8,9);1H. The summed E-state index contributed by atoms with van der Waals surface area (Å²) in [6.45, 7) is 3.73. The quantitative estimate of drug-likeness (QED) is 0.659. The summed E-state index contributed by atoms with van der Waals surface area (Å²) in [4.78, 5) is 9.98. The zero-order valence-corrected chi connectivity index (χ0v) is 6.89. The molecule has 0 fully saturated rings. The van der Waals surface area contributed by atoms with Crippen LogP contribution >= 0.6 is 12.4 Å². The summed E-state index contributed by atoms with van der Waals surface area (Å²) in [7, 11) is 0. The highest BCUT2D eigenvalue weighted by Crippen LogP contribution is 2.03. The number of rotatable bonds is 3. The first kappa shape index (κ1) is 12.4. The van der Waals surface area contributed by atoms with Crippen LogP contribution in [0.15, 0.2) is 0 Å². The molecule has 1 atom stereocenters. The molecule has 1 unspecified atom stereocenters. The molecule has 0 aromatic heterocycles. The van der Waals surface area contributed by atoms with E-state index in [1.807, 2.05) is 13.8 Å². The van der Waals surface area contributed by atoms with Gasteiger partial charge >= 0.3 is 5.97 Å². The Labute approximate surface area is 66.5 Å². The minimum atomic E-state index is -1.19. The van der Waals surface area contributed by atoms with Gasteiger partial charge in [0.25, 0.3) is 0 Å². The molecular formula is C6H13ClO3. The molecule has 62 valence electrons. The van der Waals surface area contributed by atoms with Crippen molar-refractivity contribution in [2.45, 2.75) is 26.4 Å². The van der Waals surface area contributed by atoms with Crippen LogP contribution < -0.4 is 0 Å². The Balaban J connectivity index is 0. The number of aliphatic hydroxyl groups is 1. The molecule has 0 spiro atoms. The Hall–Kier alpha value is -0.280.